The second kappa shape index (κ2) is 8.08. The zero-order valence-corrected chi connectivity index (χ0v) is 16.2. The van der Waals surface area contributed by atoms with E-state index in [4.69, 9.17) is 11.6 Å². The van der Waals surface area contributed by atoms with Crippen LogP contribution in [0.1, 0.15) is 29.8 Å². The fraction of sp³-hybridized carbons (Fsp3) is 0.150. The number of H-pyrrole nitrogens is 1. The van der Waals surface area contributed by atoms with E-state index in [1.807, 2.05) is 0 Å². The third-order valence-corrected chi connectivity index (χ3v) is 4.25. The summed E-state index contributed by atoms with van der Waals surface area (Å²) in [6.07, 6.45) is -1.37. The summed E-state index contributed by atoms with van der Waals surface area (Å²) in [4.78, 5) is 23.7. The van der Waals surface area contributed by atoms with Crippen LogP contribution < -0.4 is 5.32 Å². The highest BCUT2D eigenvalue weighted by atomic mass is 35.5. The van der Waals surface area contributed by atoms with E-state index in [9.17, 15) is 18.0 Å². The number of para-hydroxylation sites is 1. The van der Waals surface area contributed by atoms with Crippen molar-refractivity contribution in [2.45, 2.75) is 20.0 Å². The largest absolute Gasteiger partial charge is 0.417 e. The number of hydrogen-bond donors (Lipinski definition) is 2. The number of nitrogens with one attached hydrogen (secondary N) is 2. The van der Waals surface area contributed by atoms with Gasteiger partial charge in [-0.3, -0.25) is 4.79 Å². The van der Waals surface area contributed by atoms with Crippen molar-refractivity contribution in [2.24, 2.45) is 4.99 Å². The van der Waals surface area contributed by atoms with Crippen LogP contribution in [0.4, 0.5) is 13.2 Å². The summed E-state index contributed by atoms with van der Waals surface area (Å²) in [5, 5.41) is 2.59. The molecule has 2 aromatic carbocycles. The molecule has 9 heteroatoms. The molecule has 0 saturated heterocycles. The van der Waals surface area contributed by atoms with E-state index in [0.717, 1.165) is 6.07 Å². The smallest absolute Gasteiger partial charge is 0.338 e. The standard InChI is InChI=1S/C20H16ClF3N4O/c1-3-9-25-11(2)26-19(29)14-5-4-6-16-17(14)28-18(27-16)13-8-7-12(21)10-15(13)20(22,23)24/h3-10H,1-2H3,(H,27,28)(H,25,26,29)/b9-3-. The zero-order valence-electron chi connectivity index (χ0n) is 15.4. The molecule has 29 heavy (non-hydrogen) atoms. The lowest BCUT2D eigenvalue weighted by atomic mass is 10.1. The molecular weight excluding hydrogens is 405 g/mol. The Balaban J connectivity index is 2.07. The van der Waals surface area contributed by atoms with Gasteiger partial charge in [0.15, 0.2) is 0 Å². The molecule has 150 valence electrons. The molecule has 2 N–H and O–H groups in total. The van der Waals surface area contributed by atoms with Gasteiger partial charge in [0.2, 0.25) is 0 Å². The summed E-state index contributed by atoms with van der Waals surface area (Å²) in [7, 11) is 0. The normalized spacial score (nSPS) is 12.7. The molecule has 3 rings (SSSR count). The van der Waals surface area contributed by atoms with Gasteiger partial charge in [0.25, 0.3) is 5.91 Å². The number of carbonyl (C=O) groups excluding carboxylic acids is 1. The number of nitrogens with zero attached hydrogens (tertiary/aromatic N) is 2. The van der Waals surface area contributed by atoms with Gasteiger partial charge in [0.1, 0.15) is 17.2 Å². The van der Waals surface area contributed by atoms with Crippen LogP contribution in [0.5, 0.6) is 0 Å². The first-order valence-electron chi connectivity index (χ1n) is 8.53. The summed E-state index contributed by atoms with van der Waals surface area (Å²) in [6.45, 7) is 3.41. The predicted molar refractivity (Wildman–Crippen MR) is 107 cm³/mol. The first kappa shape index (κ1) is 20.6. The number of amidine groups is 1. The highest BCUT2D eigenvalue weighted by molar-refractivity contribution is 6.30. The Morgan fingerprint density at radius 3 is 2.72 bits per heavy atom. The lowest BCUT2D eigenvalue weighted by Gasteiger charge is -2.11. The number of aliphatic imine (C=N–C) groups is 1. The van der Waals surface area contributed by atoms with Gasteiger partial charge in [0.05, 0.1) is 16.6 Å². The number of carbonyl (C=O) groups is 1. The highest BCUT2D eigenvalue weighted by Gasteiger charge is 2.34. The molecule has 1 aromatic heterocycles. The number of fused-ring (bicyclic) bond motifs is 1. The number of benzene rings is 2. The monoisotopic (exact) mass is 420 g/mol. The molecular formula is C20H16ClF3N4O. The molecule has 1 amide bonds. The Labute approximate surface area is 169 Å². The van der Waals surface area contributed by atoms with E-state index in [-0.39, 0.29) is 27.5 Å². The number of hydrogen-bond acceptors (Lipinski definition) is 3. The predicted octanol–water partition coefficient (Wildman–Crippen LogP) is 5.58. The van der Waals surface area contributed by atoms with E-state index in [1.165, 1.54) is 24.4 Å². The van der Waals surface area contributed by atoms with Crippen LogP contribution in [-0.2, 0) is 6.18 Å². The fourth-order valence-corrected chi connectivity index (χ4v) is 2.92. The van der Waals surface area contributed by atoms with Gasteiger partial charge in [0, 0.05) is 16.8 Å². The molecule has 0 aliphatic heterocycles. The SMILES string of the molecule is C/C=C\N=C(C)NC(=O)c1cccc2[nH]c(-c3ccc(Cl)cc3C(F)(F)F)nc12. The van der Waals surface area contributed by atoms with Crippen molar-refractivity contribution in [1.82, 2.24) is 15.3 Å². The van der Waals surface area contributed by atoms with Crippen molar-refractivity contribution in [2.75, 3.05) is 0 Å². The molecule has 1 heterocycles. The van der Waals surface area contributed by atoms with Crippen LogP contribution in [0, 0.1) is 0 Å². The van der Waals surface area contributed by atoms with Crippen LogP contribution in [0.3, 0.4) is 0 Å². The molecule has 5 nitrogen and oxygen atoms in total. The maximum atomic E-state index is 13.4. The second-order valence-electron chi connectivity index (χ2n) is 6.13. The molecule has 0 fully saturated rings. The van der Waals surface area contributed by atoms with Crippen molar-refractivity contribution in [1.29, 1.82) is 0 Å². The minimum absolute atomic E-state index is 0.0106. The number of allylic oxidation sites excluding steroid dienone is 1. The van der Waals surface area contributed by atoms with Crippen molar-refractivity contribution in [3.8, 4) is 11.4 Å². The molecule has 3 aromatic rings. The van der Waals surface area contributed by atoms with Crippen LogP contribution >= 0.6 is 11.6 Å². The molecule has 0 bridgehead atoms. The molecule has 0 atom stereocenters. The van der Waals surface area contributed by atoms with Crippen LogP contribution in [0.2, 0.25) is 5.02 Å². The molecule has 0 radical (unpaired) electrons. The van der Waals surface area contributed by atoms with Gasteiger partial charge in [-0.2, -0.15) is 13.2 Å². The van der Waals surface area contributed by atoms with E-state index >= 15 is 0 Å². The van der Waals surface area contributed by atoms with E-state index < -0.39 is 17.6 Å². The van der Waals surface area contributed by atoms with Gasteiger partial charge < -0.3 is 10.3 Å². The first-order chi connectivity index (χ1) is 13.7. The van der Waals surface area contributed by atoms with Gasteiger partial charge >= 0.3 is 6.18 Å². The Morgan fingerprint density at radius 2 is 2.03 bits per heavy atom. The van der Waals surface area contributed by atoms with Gasteiger partial charge in [-0.1, -0.05) is 23.7 Å². The number of alkyl halides is 3. The van der Waals surface area contributed by atoms with Crippen LogP contribution in [0.25, 0.3) is 22.4 Å². The zero-order chi connectivity index (χ0) is 21.2. The molecule has 0 saturated carbocycles. The van der Waals surface area contributed by atoms with E-state index in [1.54, 1.807) is 32.1 Å². The first-order valence-corrected chi connectivity index (χ1v) is 8.91. The van der Waals surface area contributed by atoms with E-state index in [2.05, 4.69) is 20.3 Å². The number of halogens is 4. The molecule has 0 unspecified atom stereocenters. The molecule has 0 aliphatic carbocycles. The fourth-order valence-electron chi connectivity index (χ4n) is 2.75. The summed E-state index contributed by atoms with van der Waals surface area (Å²) >= 11 is 5.74. The topological polar surface area (TPSA) is 70.1 Å². The number of imidazole rings is 1. The highest BCUT2D eigenvalue weighted by Crippen LogP contribution is 2.38. The lowest BCUT2D eigenvalue weighted by Crippen LogP contribution is -2.28. The van der Waals surface area contributed by atoms with Crippen molar-refractivity contribution in [3.63, 3.8) is 0 Å². The van der Waals surface area contributed by atoms with Gasteiger partial charge in [-0.05, 0) is 44.2 Å². The maximum Gasteiger partial charge on any atom is 0.417 e. The lowest BCUT2D eigenvalue weighted by molar-refractivity contribution is -0.137. The van der Waals surface area contributed by atoms with Gasteiger partial charge in [-0.15, -0.1) is 0 Å². The third kappa shape index (κ3) is 4.48. The van der Waals surface area contributed by atoms with Crippen LogP contribution in [0.15, 0.2) is 53.7 Å². The number of rotatable bonds is 3. The second-order valence-corrected chi connectivity index (χ2v) is 6.56. The Hall–Kier alpha value is -3.13. The van der Waals surface area contributed by atoms with Crippen LogP contribution in [-0.4, -0.2) is 21.7 Å². The maximum absolute atomic E-state index is 13.4. The minimum atomic E-state index is -4.61. The average Bonchev–Trinajstić information content (AvgIpc) is 3.09. The van der Waals surface area contributed by atoms with Crippen molar-refractivity contribution < 1.29 is 18.0 Å². The summed E-state index contributed by atoms with van der Waals surface area (Å²) in [5.74, 6) is -0.104. The quantitative estimate of drug-likeness (QED) is 0.428. The number of aromatic nitrogens is 2. The summed E-state index contributed by atoms with van der Waals surface area (Å²) in [6, 6.07) is 8.23. The minimum Gasteiger partial charge on any atom is -0.338 e. The van der Waals surface area contributed by atoms with Gasteiger partial charge in [-0.25, -0.2) is 9.98 Å². The average molecular weight is 421 g/mol. The molecule has 0 aliphatic rings. The number of amides is 1. The van der Waals surface area contributed by atoms with E-state index in [0.29, 0.717) is 11.4 Å². The van der Waals surface area contributed by atoms with Crippen molar-refractivity contribution >= 4 is 34.4 Å². The third-order valence-electron chi connectivity index (χ3n) is 4.01. The summed E-state index contributed by atoms with van der Waals surface area (Å²) in [5.41, 5.74) is -0.178. The van der Waals surface area contributed by atoms with Crippen molar-refractivity contribution in [3.05, 3.63) is 64.8 Å². The Bertz CT molecular complexity index is 1130. The Morgan fingerprint density at radius 1 is 1.28 bits per heavy atom. The summed E-state index contributed by atoms with van der Waals surface area (Å²) < 4.78 is 40.3. The number of aromatic amines is 1. The molecule has 0 spiro atoms. The Kier molecular flexibility index (Phi) is 5.74.